The second-order valence-electron chi connectivity index (χ2n) is 5.62. The van der Waals surface area contributed by atoms with Gasteiger partial charge in [0.05, 0.1) is 24.2 Å². The molecular weight excluding hydrogens is 339 g/mol. The molecule has 9 heteroatoms. The summed E-state index contributed by atoms with van der Waals surface area (Å²) in [5.41, 5.74) is 0.823. The number of benzene rings is 1. The van der Waals surface area contributed by atoms with Gasteiger partial charge in [-0.3, -0.25) is 9.08 Å². The number of carbonyl (C=O) groups excluding carboxylic acids is 1. The summed E-state index contributed by atoms with van der Waals surface area (Å²) in [4.78, 5) is 15.0. The number of amides is 1. The van der Waals surface area contributed by atoms with Gasteiger partial charge in [-0.05, 0) is 18.2 Å². The van der Waals surface area contributed by atoms with E-state index in [0.717, 1.165) is 6.26 Å². The Balaban J connectivity index is 1.70. The normalized spacial score (nSPS) is 20.8. The molecule has 0 aromatic heterocycles. The van der Waals surface area contributed by atoms with Gasteiger partial charge >= 0.3 is 6.09 Å². The molecule has 1 aromatic carbocycles. The zero-order valence-electron chi connectivity index (χ0n) is 13.0. The van der Waals surface area contributed by atoms with E-state index < -0.39 is 28.1 Å². The number of cyclic esters (lactones) is 1. The Morgan fingerprint density at radius 1 is 1.33 bits per heavy atom. The first-order valence-electron chi connectivity index (χ1n) is 7.35. The van der Waals surface area contributed by atoms with Crippen molar-refractivity contribution in [3.63, 3.8) is 0 Å². The molecule has 3 rings (SSSR count). The summed E-state index contributed by atoms with van der Waals surface area (Å²) in [5, 5.41) is 0. The molecule has 2 aliphatic rings. The van der Waals surface area contributed by atoms with Crippen molar-refractivity contribution in [1.29, 1.82) is 0 Å². The Morgan fingerprint density at radius 2 is 2.04 bits per heavy atom. The van der Waals surface area contributed by atoms with Gasteiger partial charge in [0.25, 0.3) is 10.1 Å². The molecule has 0 N–H and O–H groups in total. The number of rotatable bonds is 5. The molecule has 1 fully saturated rings. The van der Waals surface area contributed by atoms with Gasteiger partial charge in [0.2, 0.25) is 0 Å². The predicted molar refractivity (Wildman–Crippen MR) is 86.2 cm³/mol. The van der Waals surface area contributed by atoms with E-state index in [9.17, 15) is 17.6 Å². The number of halogens is 1. The molecule has 0 saturated carbocycles. The average Bonchev–Trinajstić information content (AvgIpc) is 3.14. The Labute approximate surface area is 139 Å². The maximum absolute atomic E-state index is 14.3. The molecular formula is C15H17FN2O5S. The number of ether oxygens (including phenoxy) is 1. The van der Waals surface area contributed by atoms with Crippen LogP contribution in [0.4, 0.5) is 20.6 Å². The molecule has 1 amide bonds. The van der Waals surface area contributed by atoms with E-state index in [1.807, 2.05) is 17.1 Å². The Hall–Kier alpha value is -2.13. The highest BCUT2D eigenvalue weighted by Gasteiger charge is 2.33. The smallest absolute Gasteiger partial charge is 0.414 e. The maximum atomic E-state index is 14.3. The SMILES string of the molecule is CS(=O)(=O)OC[C@H]1CN(c2ccc(N3CC=CC3)c(F)c2)C(=O)O1. The fourth-order valence-corrected chi connectivity index (χ4v) is 3.01. The minimum absolute atomic E-state index is 0.0956. The minimum atomic E-state index is -3.61. The monoisotopic (exact) mass is 356 g/mol. The van der Waals surface area contributed by atoms with E-state index in [-0.39, 0.29) is 13.2 Å². The summed E-state index contributed by atoms with van der Waals surface area (Å²) in [6.45, 7) is 1.12. The molecule has 130 valence electrons. The van der Waals surface area contributed by atoms with Crippen molar-refractivity contribution in [2.24, 2.45) is 0 Å². The van der Waals surface area contributed by atoms with E-state index in [1.54, 1.807) is 12.1 Å². The maximum Gasteiger partial charge on any atom is 0.414 e. The van der Waals surface area contributed by atoms with E-state index in [4.69, 9.17) is 4.74 Å². The highest BCUT2D eigenvalue weighted by atomic mass is 32.2. The molecule has 1 aromatic rings. The highest BCUT2D eigenvalue weighted by Crippen LogP contribution is 2.28. The van der Waals surface area contributed by atoms with Gasteiger partial charge in [-0.25, -0.2) is 9.18 Å². The van der Waals surface area contributed by atoms with Crippen molar-refractivity contribution in [2.75, 3.05) is 42.3 Å². The number of nitrogens with zero attached hydrogens (tertiary/aromatic N) is 2. The van der Waals surface area contributed by atoms with Crippen molar-refractivity contribution < 1.29 is 26.5 Å². The van der Waals surface area contributed by atoms with Crippen LogP contribution < -0.4 is 9.80 Å². The van der Waals surface area contributed by atoms with Gasteiger partial charge in [-0.15, -0.1) is 0 Å². The lowest BCUT2D eigenvalue weighted by molar-refractivity contribution is 0.107. The minimum Gasteiger partial charge on any atom is -0.441 e. The first-order valence-corrected chi connectivity index (χ1v) is 9.17. The molecule has 0 unspecified atom stereocenters. The van der Waals surface area contributed by atoms with Crippen LogP contribution >= 0.6 is 0 Å². The fraction of sp³-hybridized carbons (Fsp3) is 0.400. The molecule has 1 saturated heterocycles. The van der Waals surface area contributed by atoms with Crippen LogP contribution in [0, 0.1) is 5.82 Å². The van der Waals surface area contributed by atoms with E-state index in [0.29, 0.717) is 24.5 Å². The average molecular weight is 356 g/mol. The van der Waals surface area contributed by atoms with Crippen molar-refractivity contribution in [3.05, 3.63) is 36.2 Å². The van der Waals surface area contributed by atoms with Crippen LogP contribution in [0.25, 0.3) is 0 Å². The summed E-state index contributed by atoms with van der Waals surface area (Å²) < 4.78 is 46.0. The first kappa shape index (κ1) is 16.7. The van der Waals surface area contributed by atoms with Crippen LogP contribution in [0.15, 0.2) is 30.4 Å². The largest absolute Gasteiger partial charge is 0.441 e. The van der Waals surface area contributed by atoms with Crippen LogP contribution in [0.2, 0.25) is 0 Å². The Kier molecular flexibility index (Phi) is 4.46. The molecule has 7 nitrogen and oxygen atoms in total. The quantitative estimate of drug-likeness (QED) is 0.588. The van der Waals surface area contributed by atoms with Crippen molar-refractivity contribution >= 4 is 27.6 Å². The Morgan fingerprint density at radius 3 is 2.67 bits per heavy atom. The summed E-state index contributed by atoms with van der Waals surface area (Å²) in [6.07, 6.45) is 3.45. The third-order valence-electron chi connectivity index (χ3n) is 3.74. The number of anilines is 2. The van der Waals surface area contributed by atoms with Crippen LogP contribution in [0.5, 0.6) is 0 Å². The van der Waals surface area contributed by atoms with Gasteiger partial charge in [0.15, 0.2) is 0 Å². The van der Waals surface area contributed by atoms with Crippen molar-refractivity contribution in [3.8, 4) is 0 Å². The standard InChI is InChI=1S/C15H17FN2O5S/c1-24(20,21)22-10-12-9-18(15(19)23-12)11-4-5-14(13(16)8-11)17-6-2-3-7-17/h2-5,8,12H,6-7,9-10H2,1H3/t12-/m1/s1. The third-order valence-corrected chi connectivity index (χ3v) is 4.31. The highest BCUT2D eigenvalue weighted by molar-refractivity contribution is 7.85. The fourth-order valence-electron chi connectivity index (χ4n) is 2.61. The lowest BCUT2D eigenvalue weighted by Gasteiger charge is -2.20. The summed E-state index contributed by atoms with van der Waals surface area (Å²) in [6, 6.07) is 4.53. The molecule has 0 radical (unpaired) electrons. The first-order chi connectivity index (χ1) is 11.3. The van der Waals surface area contributed by atoms with Crippen molar-refractivity contribution in [2.45, 2.75) is 6.10 Å². The number of carbonyl (C=O) groups is 1. The second-order valence-corrected chi connectivity index (χ2v) is 7.26. The van der Waals surface area contributed by atoms with Gasteiger partial charge in [0, 0.05) is 13.1 Å². The van der Waals surface area contributed by atoms with E-state index >= 15 is 0 Å². The topological polar surface area (TPSA) is 76.2 Å². The van der Waals surface area contributed by atoms with E-state index in [2.05, 4.69) is 4.18 Å². The molecule has 24 heavy (non-hydrogen) atoms. The van der Waals surface area contributed by atoms with Crippen LogP contribution in [0.1, 0.15) is 0 Å². The second kappa shape index (κ2) is 6.40. The van der Waals surface area contributed by atoms with E-state index in [1.165, 1.54) is 11.0 Å². The molecule has 2 aliphatic heterocycles. The molecule has 2 heterocycles. The van der Waals surface area contributed by atoms with Gasteiger partial charge in [-0.2, -0.15) is 8.42 Å². The molecule has 0 spiro atoms. The summed E-state index contributed by atoms with van der Waals surface area (Å²) >= 11 is 0. The zero-order chi connectivity index (χ0) is 17.3. The molecule has 1 atom stereocenters. The predicted octanol–water partition coefficient (Wildman–Crippen LogP) is 1.50. The lowest BCUT2D eigenvalue weighted by atomic mass is 10.2. The zero-order valence-corrected chi connectivity index (χ0v) is 13.8. The third kappa shape index (κ3) is 3.68. The summed E-state index contributed by atoms with van der Waals surface area (Å²) in [5.74, 6) is -0.431. The number of hydrogen-bond donors (Lipinski definition) is 0. The van der Waals surface area contributed by atoms with Crippen molar-refractivity contribution in [1.82, 2.24) is 0 Å². The lowest BCUT2D eigenvalue weighted by Crippen LogP contribution is -2.27. The Bertz CT molecular complexity index is 772. The number of hydrogen-bond acceptors (Lipinski definition) is 6. The van der Waals surface area contributed by atoms with Gasteiger partial charge < -0.3 is 9.64 Å². The van der Waals surface area contributed by atoms with Gasteiger partial charge in [-0.1, -0.05) is 12.2 Å². The van der Waals surface area contributed by atoms with Crippen LogP contribution in [-0.4, -0.2) is 53.1 Å². The van der Waals surface area contributed by atoms with Crippen LogP contribution in [-0.2, 0) is 19.0 Å². The summed E-state index contributed by atoms with van der Waals surface area (Å²) in [7, 11) is -3.61. The molecule has 0 aliphatic carbocycles. The van der Waals surface area contributed by atoms with Gasteiger partial charge in [0.1, 0.15) is 18.5 Å². The van der Waals surface area contributed by atoms with Crippen LogP contribution in [0.3, 0.4) is 0 Å². The molecule has 0 bridgehead atoms.